The molecule has 10 nitrogen and oxygen atoms in total. The minimum Gasteiger partial charge on any atom is -0.481 e. The fourth-order valence-corrected chi connectivity index (χ4v) is 1.92. The zero-order chi connectivity index (χ0) is 27.1. The Morgan fingerprint density at radius 3 is 1.53 bits per heavy atom. The summed E-state index contributed by atoms with van der Waals surface area (Å²) in [4.78, 5) is 43.8. The Bertz CT molecular complexity index is 566. The topological polar surface area (TPSA) is 168 Å². The minimum absolute atomic E-state index is 0. The average molecular weight is 608 g/mol. The molecule has 204 valence electrons. The van der Waals surface area contributed by atoms with Gasteiger partial charge in [-0.15, -0.1) is 23.8 Å². The zero-order valence-corrected chi connectivity index (χ0v) is 22.7. The number of carboxylic acids is 1. The summed E-state index contributed by atoms with van der Waals surface area (Å²) in [5.41, 5.74) is 11.1. The highest BCUT2D eigenvalue weighted by atomic mass is 127. The summed E-state index contributed by atoms with van der Waals surface area (Å²) in [6, 6.07) is -1.22. The van der Waals surface area contributed by atoms with Crippen molar-refractivity contribution in [3.8, 4) is 0 Å². The van der Waals surface area contributed by atoms with E-state index in [0.29, 0.717) is 19.4 Å². The molecule has 5 N–H and O–H groups in total. The third kappa shape index (κ3) is 23.7. The van der Waals surface area contributed by atoms with Crippen LogP contribution in [0.1, 0.15) is 80.6 Å². The number of nitrogens with two attached hydrogens (primary N) is 2. The quantitative estimate of drug-likeness (QED) is 0.109. The molecule has 0 heterocycles. The second-order valence-electron chi connectivity index (χ2n) is 8.05. The lowest BCUT2D eigenvalue weighted by Crippen LogP contribution is -2.37. The number of carboxylic acid groups (broad SMARTS) is 1. The minimum atomic E-state index is -0.894. The summed E-state index contributed by atoms with van der Waals surface area (Å²) in [6.45, 7) is 10.2. The van der Waals surface area contributed by atoms with Gasteiger partial charge in [0.15, 0.2) is 0 Å². The summed E-state index contributed by atoms with van der Waals surface area (Å²) in [6.07, 6.45) is 2.95. The van der Waals surface area contributed by atoms with Gasteiger partial charge >= 0.3 is 23.9 Å². The highest BCUT2D eigenvalue weighted by molar-refractivity contribution is 14.0. The molecule has 0 unspecified atom stereocenters. The molecule has 0 aromatic rings. The molecule has 0 spiro atoms. The summed E-state index contributed by atoms with van der Waals surface area (Å²) in [7, 11) is 0. The fourth-order valence-electron chi connectivity index (χ4n) is 1.92. The SMILES string of the molecule is C.CC(C)[C@H](N)C(=O)OCCCC(=O)O.CCCCOC(=O)CCCOC(=O)[C@@H](N)C(C)C.[2H]I. The van der Waals surface area contributed by atoms with Crippen molar-refractivity contribution in [2.45, 2.75) is 92.7 Å². The van der Waals surface area contributed by atoms with Crippen LogP contribution in [0.3, 0.4) is 0 Å². The molecule has 0 aromatic heterocycles. The molecule has 0 amide bonds. The first-order chi connectivity index (χ1) is 15.9. The van der Waals surface area contributed by atoms with Crippen LogP contribution >= 0.6 is 23.8 Å². The van der Waals surface area contributed by atoms with Crippen LogP contribution in [-0.2, 0) is 33.4 Å². The van der Waals surface area contributed by atoms with Gasteiger partial charge in [-0.05, 0) is 31.1 Å². The molecule has 0 aliphatic heterocycles. The van der Waals surface area contributed by atoms with Crippen molar-refractivity contribution >= 4 is 47.7 Å². The van der Waals surface area contributed by atoms with Crippen LogP contribution in [0.2, 0.25) is 0 Å². The Kier molecular flexibility index (Phi) is 26.9. The third-order valence-electron chi connectivity index (χ3n) is 4.29. The number of ether oxygens (including phenoxy) is 3. The van der Waals surface area contributed by atoms with E-state index in [1.165, 1.54) is 23.8 Å². The van der Waals surface area contributed by atoms with Crippen LogP contribution in [0.4, 0.5) is 0 Å². The summed E-state index contributed by atoms with van der Waals surface area (Å²) in [5, 5.41) is 8.31. The smallest absolute Gasteiger partial charge is 0.323 e. The van der Waals surface area contributed by atoms with Crippen LogP contribution in [0.15, 0.2) is 0 Å². The van der Waals surface area contributed by atoms with Crippen LogP contribution in [-0.4, -0.2) is 61.5 Å². The lowest BCUT2D eigenvalue weighted by atomic mass is 10.1. The van der Waals surface area contributed by atoms with Gasteiger partial charge in [-0.25, -0.2) is 0 Å². The van der Waals surface area contributed by atoms with E-state index in [4.69, 9.17) is 31.4 Å². The summed E-state index contributed by atoms with van der Waals surface area (Å²) in [5.74, 6) is -1.94. The lowest BCUT2D eigenvalue weighted by Gasteiger charge is -2.14. The molecular weight excluding hydrogens is 559 g/mol. The molecule has 2 atom stereocenters. The van der Waals surface area contributed by atoms with Gasteiger partial charge in [0, 0.05) is 12.8 Å². The van der Waals surface area contributed by atoms with E-state index < -0.39 is 30.0 Å². The summed E-state index contributed by atoms with van der Waals surface area (Å²) < 4.78 is 20.4. The number of carbonyl (C=O) groups excluding carboxylic acids is 3. The van der Waals surface area contributed by atoms with E-state index in [1.54, 1.807) is 0 Å². The van der Waals surface area contributed by atoms with Crippen molar-refractivity contribution in [2.24, 2.45) is 23.3 Å². The normalized spacial score (nSPS) is 11.9. The number of esters is 3. The predicted octanol–water partition coefficient (Wildman–Crippen LogP) is 3.27. The Morgan fingerprint density at radius 2 is 1.18 bits per heavy atom. The number of halogens is 1. The molecule has 11 heteroatoms. The fraction of sp³-hybridized carbons (Fsp3) is 0.826. The Balaban J connectivity index is -0.000000256. The molecule has 0 aromatic carbocycles. The van der Waals surface area contributed by atoms with E-state index in [0.717, 1.165) is 12.8 Å². The maximum atomic E-state index is 11.4. The first-order valence-electron chi connectivity index (χ1n) is 11.5. The third-order valence-corrected chi connectivity index (χ3v) is 4.29. The maximum absolute atomic E-state index is 11.4. The number of hydrogen-bond donors (Lipinski definition) is 3. The van der Waals surface area contributed by atoms with E-state index in [1.807, 2.05) is 34.6 Å². The van der Waals surface area contributed by atoms with Gasteiger partial charge in [0.25, 0.3) is 0 Å². The molecular formula is C23H47IN2O8. The molecule has 0 saturated carbocycles. The molecule has 0 aliphatic rings. The Labute approximate surface area is 222 Å². The molecule has 0 aliphatic carbocycles. The number of hydrogen-bond acceptors (Lipinski definition) is 9. The monoisotopic (exact) mass is 607 g/mol. The molecule has 0 radical (unpaired) electrons. The second kappa shape index (κ2) is 24.6. The van der Waals surface area contributed by atoms with Crippen molar-refractivity contribution in [3.05, 3.63) is 0 Å². The predicted molar refractivity (Wildman–Crippen MR) is 142 cm³/mol. The molecule has 0 bridgehead atoms. The first kappa shape index (κ1) is 37.1. The number of carbonyl (C=O) groups is 4. The van der Waals surface area contributed by atoms with Crippen molar-refractivity contribution in [1.82, 2.24) is 0 Å². The van der Waals surface area contributed by atoms with Crippen LogP contribution in [0, 0.1) is 11.8 Å². The van der Waals surface area contributed by atoms with Crippen LogP contribution < -0.4 is 11.5 Å². The number of aliphatic carboxylic acids is 1. The largest absolute Gasteiger partial charge is 0.481 e. The van der Waals surface area contributed by atoms with Gasteiger partial charge in [0.1, 0.15) is 12.7 Å². The van der Waals surface area contributed by atoms with Crippen molar-refractivity contribution in [1.29, 1.82) is 0.594 Å². The van der Waals surface area contributed by atoms with Gasteiger partial charge in [-0.3, -0.25) is 19.2 Å². The highest BCUT2D eigenvalue weighted by Gasteiger charge is 2.19. The molecule has 0 saturated heterocycles. The van der Waals surface area contributed by atoms with Gasteiger partial charge in [-0.1, -0.05) is 48.5 Å². The lowest BCUT2D eigenvalue weighted by molar-refractivity contribution is -0.149. The van der Waals surface area contributed by atoms with Crippen LogP contribution in [0.5, 0.6) is 0 Å². The number of rotatable bonds is 15. The van der Waals surface area contributed by atoms with Gasteiger partial charge < -0.3 is 30.8 Å². The van der Waals surface area contributed by atoms with Crippen molar-refractivity contribution in [2.75, 3.05) is 19.8 Å². The maximum Gasteiger partial charge on any atom is 0.323 e. The van der Waals surface area contributed by atoms with E-state index >= 15 is 0 Å². The first-order valence-corrected chi connectivity index (χ1v) is 11.2. The second-order valence-corrected chi connectivity index (χ2v) is 8.05. The van der Waals surface area contributed by atoms with Crippen LogP contribution in [0.25, 0.3) is 0 Å². The Morgan fingerprint density at radius 1 is 0.794 bits per heavy atom. The van der Waals surface area contributed by atoms with E-state index in [-0.39, 0.29) is 51.3 Å². The average Bonchev–Trinajstić information content (AvgIpc) is 2.79. The molecule has 0 rings (SSSR count). The van der Waals surface area contributed by atoms with Gasteiger partial charge in [0.05, 0.1) is 19.8 Å². The number of unbranched alkanes of at least 4 members (excludes halogenated alkanes) is 1. The highest BCUT2D eigenvalue weighted by Crippen LogP contribution is 2.03. The van der Waals surface area contributed by atoms with E-state index in [2.05, 4.69) is 0 Å². The van der Waals surface area contributed by atoms with Crippen molar-refractivity contribution in [3.63, 3.8) is 0 Å². The summed E-state index contributed by atoms with van der Waals surface area (Å²) >= 11 is 1.40. The van der Waals surface area contributed by atoms with E-state index in [9.17, 15) is 19.2 Å². The zero-order valence-electron chi connectivity index (χ0n) is 21.5. The molecule has 34 heavy (non-hydrogen) atoms. The van der Waals surface area contributed by atoms with Gasteiger partial charge in [-0.2, -0.15) is 0 Å². The Hall–Kier alpha value is -1.47. The molecule has 0 fully saturated rings. The van der Waals surface area contributed by atoms with Gasteiger partial charge in [0.2, 0.25) is 0 Å². The van der Waals surface area contributed by atoms with Crippen molar-refractivity contribution < 1.29 is 38.5 Å². The standard InChI is InChI=1S/C13H25NO4.C9H17NO4.CH4.HI/c1-4-5-8-17-11(15)7-6-9-18-13(16)12(14)10(2)3;1-6(2)8(10)9(13)14-5-3-4-7(11)12;;/h10,12H,4-9,14H2,1-3H3;6,8H,3-5,10H2,1-2H3,(H,11,12);1H4;1H/t12-;8-;;/m00../s1/i/hD.